The molecule has 10 nitrogen and oxygen atoms in total. The summed E-state index contributed by atoms with van der Waals surface area (Å²) in [6.45, 7) is 16.0. The fourth-order valence-electron chi connectivity index (χ4n) is 5.46. The van der Waals surface area contributed by atoms with Crippen LogP contribution in [-0.2, 0) is 0 Å². The molecule has 2 fully saturated rings. The zero-order valence-electron chi connectivity index (χ0n) is 20.1. The van der Waals surface area contributed by atoms with Crippen LogP contribution in [0.1, 0.15) is 81.1 Å². The molecule has 0 radical (unpaired) electrons. The number of ether oxygens (including phenoxy) is 1. The van der Waals surface area contributed by atoms with Crippen molar-refractivity contribution in [1.82, 2.24) is 25.1 Å². The van der Waals surface area contributed by atoms with E-state index in [1.54, 1.807) is 0 Å². The molecule has 0 bridgehead atoms. The first-order valence-corrected chi connectivity index (χ1v) is 11.0. The SMILES string of the molecule is CC1(C)CC(Nc2nc(N)nc(OC3CC(C)(C)N(O)C(C)(C)C3)n2)CC(C)(C)N1O. The molecule has 10 heteroatoms. The predicted octanol–water partition coefficient (Wildman–Crippen LogP) is 3.07. The van der Waals surface area contributed by atoms with Crippen LogP contribution in [-0.4, -0.2) is 69.8 Å². The highest BCUT2D eigenvalue weighted by molar-refractivity contribution is 5.34. The third-order valence-electron chi connectivity index (χ3n) is 6.48. The minimum Gasteiger partial charge on any atom is -0.460 e. The summed E-state index contributed by atoms with van der Waals surface area (Å²) in [6, 6.07) is 0.231. The summed E-state index contributed by atoms with van der Waals surface area (Å²) in [4.78, 5) is 12.9. The van der Waals surface area contributed by atoms with Gasteiger partial charge in [0.2, 0.25) is 11.9 Å². The Morgan fingerprint density at radius 2 is 1.26 bits per heavy atom. The van der Waals surface area contributed by atoms with Crippen LogP contribution in [0.25, 0.3) is 0 Å². The fourth-order valence-corrected chi connectivity index (χ4v) is 5.46. The second-order valence-electron chi connectivity index (χ2n) is 11.6. The number of nitrogens with one attached hydrogen (secondary N) is 1. The number of rotatable bonds is 4. The number of piperidine rings is 2. The first-order valence-electron chi connectivity index (χ1n) is 11.0. The summed E-state index contributed by atoms with van der Waals surface area (Å²) in [5.74, 6) is 0.451. The van der Waals surface area contributed by atoms with Crippen molar-refractivity contribution < 1.29 is 15.2 Å². The molecule has 176 valence electrons. The Hall–Kier alpha value is -1.75. The minimum absolute atomic E-state index is 0.0542. The third kappa shape index (κ3) is 5.02. The minimum atomic E-state index is -0.443. The first kappa shape index (κ1) is 23.9. The van der Waals surface area contributed by atoms with E-state index in [0.29, 0.717) is 31.6 Å². The molecular weight excluding hydrogens is 398 g/mol. The Labute approximate surface area is 185 Å². The van der Waals surface area contributed by atoms with Crippen LogP contribution in [0, 0.1) is 0 Å². The molecule has 2 aliphatic heterocycles. The molecular formula is C21H39N7O3. The van der Waals surface area contributed by atoms with Crippen LogP contribution in [0.2, 0.25) is 0 Å². The summed E-state index contributed by atoms with van der Waals surface area (Å²) in [5, 5.41) is 27.2. The van der Waals surface area contributed by atoms with E-state index in [9.17, 15) is 10.4 Å². The molecule has 3 heterocycles. The van der Waals surface area contributed by atoms with Crippen molar-refractivity contribution >= 4 is 11.9 Å². The number of nitrogens with zero attached hydrogens (tertiary/aromatic N) is 5. The predicted molar refractivity (Wildman–Crippen MR) is 118 cm³/mol. The molecule has 0 atom stereocenters. The number of aromatic nitrogens is 3. The highest BCUT2D eigenvalue weighted by atomic mass is 16.5. The van der Waals surface area contributed by atoms with Gasteiger partial charge in [0, 0.05) is 41.0 Å². The van der Waals surface area contributed by atoms with Crippen molar-refractivity contribution in [2.24, 2.45) is 0 Å². The Morgan fingerprint density at radius 1 is 0.806 bits per heavy atom. The van der Waals surface area contributed by atoms with Gasteiger partial charge in [0.25, 0.3) is 0 Å². The molecule has 0 spiro atoms. The van der Waals surface area contributed by atoms with Gasteiger partial charge in [0.05, 0.1) is 0 Å². The molecule has 5 N–H and O–H groups in total. The number of nitrogen functional groups attached to an aromatic ring is 1. The molecule has 0 aromatic carbocycles. The highest BCUT2D eigenvalue weighted by Crippen LogP contribution is 2.39. The lowest BCUT2D eigenvalue weighted by atomic mass is 9.79. The van der Waals surface area contributed by atoms with Gasteiger partial charge < -0.3 is 26.2 Å². The average molecular weight is 438 g/mol. The Morgan fingerprint density at radius 3 is 1.74 bits per heavy atom. The van der Waals surface area contributed by atoms with Crippen molar-refractivity contribution in [3.8, 4) is 6.01 Å². The first-order chi connectivity index (χ1) is 14.0. The van der Waals surface area contributed by atoms with E-state index in [-0.39, 0.29) is 24.1 Å². The monoisotopic (exact) mass is 437 g/mol. The van der Waals surface area contributed by atoms with E-state index < -0.39 is 22.2 Å². The molecule has 0 aliphatic carbocycles. The highest BCUT2D eigenvalue weighted by Gasteiger charge is 2.47. The van der Waals surface area contributed by atoms with Gasteiger partial charge in [-0.2, -0.15) is 25.1 Å². The van der Waals surface area contributed by atoms with Crippen LogP contribution < -0.4 is 15.8 Å². The van der Waals surface area contributed by atoms with Gasteiger partial charge in [-0.05, 0) is 68.2 Å². The quantitative estimate of drug-likeness (QED) is 0.557. The zero-order valence-corrected chi connectivity index (χ0v) is 20.1. The van der Waals surface area contributed by atoms with Crippen LogP contribution >= 0.6 is 0 Å². The average Bonchev–Trinajstić information content (AvgIpc) is 2.56. The van der Waals surface area contributed by atoms with Crippen molar-refractivity contribution in [1.29, 1.82) is 0 Å². The number of anilines is 2. The molecule has 2 aliphatic rings. The van der Waals surface area contributed by atoms with Gasteiger partial charge >= 0.3 is 6.01 Å². The number of nitrogens with two attached hydrogens (primary N) is 1. The van der Waals surface area contributed by atoms with Crippen LogP contribution in [0.5, 0.6) is 6.01 Å². The van der Waals surface area contributed by atoms with Gasteiger partial charge in [0.15, 0.2) is 0 Å². The Kier molecular flexibility index (Phi) is 5.92. The summed E-state index contributed by atoms with van der Waals surface area (Å²) in [7, 11) is 0. The van der Waals surface area contributed by atoms with E-state index in [0.717, 1.165) is 0 Å². The van der Waals surface area contributed by atoms with E-state index in [1.165, 1.54) is 10.1 Å². The molecule has 31 heavy (non-hydrogen) atoms. The van der Waals surface area contributed by atoms with Crippen molar-refractivity contribution in [3.63, 3.8) is 0 Å². The van der Waals surface area contributed by atoms with Crippen molar-refractivity contribution in [2.75, 3.05) is 11.1 Å². The Bertz CT molecular complexity index is 714. The Balaban J connectivity index is 1.75. The van der Waals surface area contributed by atoms with Crippen LogP contribution in [0.3, 0.4) is 0 Å². The summed E-state index contributed by atoms with van der Waals surface area (Å²) < 4.78 is 6.12. The standard InChI is InChI=1S/C21H39N7O3/c1-18(2)9-13(10-19(3,4)27(18)29)23-16-24-15(22)25-17(26-16)31-14-11-20(5,6)28(30)21(7,8)12-14/h13-14,29-30H,9-12H2,1-8H3,(H3,22,23,24,25,26). The van der Waals surface area contributed by atoms with Gasteiger partial charge in [-0.3, -0.25) is 0 Å². The van der Waals surface area contributed by atoms with Gasteiger partial charge in [-0.25, -0.2) is 0 Å². The smallest absolute Gasteiger partial charge is 0.323 e. The van der Waals surface area contributed by atoms with Crippen LogP contribution in [0.15, 0.2) is 0 Å². The summed E-state index contributed by atoms with van der Waals surface area (Å²) in [5.41, 5.74) is 4.27. The summed E-state index contributed by atoms with van der Waals surface area (Å²) in [6.07, 6.45) is 2.51. The van der Waals surface area contributed by atoms with Crippen LogP contribution in [0.4, 0.5) is 11.9 Å². The lowest BCUT2D eigenvalue weighted by Crippen LogP contribution is -2.61. The molecule has 0 saturated carbocycles. The number of hydrogen-bond donors (Lipinski definition) is 4. The molecule has 1 aromatic rings. The number of hydroxylamine groups is 4. The van der Waals surface area contributed by atoms with E-state index >= 15 is 0 Å². The van der Waals surface area contributed by atoms with E-state index in [1.807, 2.05) is 55.4 Å². The normalized spacial score (nSPS) is 26.5. The van der Waals surface area contributed by atoms with Gasteiger partial charge in [0.1, 0.15) is 6.10 Å². The third-order valence-corrected chi connectivity index (χ3v) is 6.48. The van der Waals surface area contributed by atoms with Crippen molar-refractivity contribution in [3.05, 3.63) is 0 Å². The second-order valence-corrected chi connectivity index (χ2v) is 11.6. The molecule has 0 unspecified atom stereocenters. The topological polar surface area (TPSA) is 133 Å². The van der Waals surface area contributed by atoms with Crippen molar-refractivity contribution in [2.45, 2.75) is 115 Å². The second kappa shape index (κ2) is 7.68. The summed E-state index contributed by atoms with van der Waals surface area (Å²) >= 11 is 0. The largest absolute Gasteiger partial charge is 0.460 e. The maximum atomic E-state index is 10.5. The molecule has 0 amide bonds. The molecule has 2 saturated heterocycles. The number of hydrogen-bond acceptors (Lipinski definition) is 10. The van der Waals surface area contributed by atoms with E-state index in [4.69, 9.17) is 10.5 Å². The maximum absolute atomic E-state index is 10.5. The van der Waals surface area contributed by atoms with E-state index in [2.05, 4.69) is 20.3 Å². The zero-order chi connectivity index (χ0) is 23.4. The maximum Gasteiger partial charge on any atom is 0.323 e. The van der Waals surface area contributed by atoms with Gasteiger partial charge in [-0.15, -0.1) is 0 Å². The lowest BCUT2D eigenvalue weighted by molar-refractivity contribution is -0.255. The molecule has 1 aromatic heterocycles. The molecule has 3 rings (SSSR count). The fraction of sp³-hybridized carbons (Fsp3) is 0.857. The van der Waals surface area contributed by atoms with Gasteiger partial charge in [-0.1, -0.05) is 0 Å². The lowest BCUT2D eigenvalue weighted by Gasteiger charge is -2.51.